The number of nitrogens with one attached hydrogen (secondary N) is 1. The first kappa shape index (κ1) is 15.8. The number of aromatic nitrogens is 1. The molecule has 1 aromatic carbocycles. The van der Waals surface area contributed by atoms with E-state index in [2.05, 4.69) is 10.3 Å². The molecule has 1 atom stereocenters. The van der Waals surface area contributed by atoms with Gasteiger partial charge in [0.25, 0.3) is 0 Å². The maximum Gasteiger partial charge on any atom is 0.215 e. The van der Waals surface area contributed by atoms with Crippen LogP contribution in [0, 0.1) is 0 Å². The van der Waals surface area contributed by atoms with E-state index >= 15 is 0 Å². The number of hydrogen-bond donors (Lipinski definition) is 1. The molecule has 0 spiro atoms. The molecule has 6 heteroatoms. The van der Waals surface area contributed by atoms with Gasteiger partial charge in [0, 0.05) is 28.4 Å². The Morgan fingerprint density at radius 3 is 2.74 bits per heavy atom. The number of hydrogen-bond acceptors (Lipinski definition) is 4. The number of carbonyl (C=O) groups is 1. The van der Waals surface area contributed by atoms with E-state index in [0.717, 1.165) is 0 Å². The zero-order valence-electron chi connectivity index (χ0n) is 12.3. The second kappa shape index (κ2) is 6.60. The van der Waals surface area contributed by atoms with Gasteiger partial charge in [-0.2, -0.15) is 0 Å². The third-order valence-corrected chi connectivity index (χ3v) is 4.03. The Morgan fingerprint density at radius 1 is 1.26 bits per heavy atom. The molecule has 23 heavy (non-hydrogen) atoms. The van der Waals surface area contributed by atoms with Gasteiger partial charge in [0.2, 0.25) is 11.7 Å². The maximum atomic E-state index is 12.9. The van der Waals surface area contributed by atoms with E-state index in [1.54, 1.807) is 30.5 Å². The van der Waals surface area contributed by atoms with E-state index < -0.39 is 6.10 Å². The number of pyridine rings is 1. The van der Waals surface area contributed by atoms with Gasteiger partial charge in [-0.25, -0.2) is 0 Å². The molecule has 0 saturated heterocycles. The van der Waals surface area contributed by atoms with Crippen LogP contribution in [0.25, 0.3) is 5.57 Å². The molecular weight excluding hydrogens is 335 g/mol. The van der Waals surface area contributed by atoms with Crippen LogP contribution in [0.2, 0.25) is 10.0 Å². The van der Waals surface area contributed by atoms with Gasteiger partial charge in [-0.3, -0.25) is 9.78 Å². The highest BCUT2D eigenvalue weighted by Crippen LogP contribution is 2.39. The summed E-state index contributed by atoms with van der Waals surface area (Å²) < 4.78 is 5.84. The zero-order valence-corrected chi connectivity index (χ0v) is 13.9. The SMILES string of the molecule is CCNC1=C(c2cc(Cl)ccn2)C(=O)[C@@H](c2ccccc2Cl)O1. The van der Waals surface area contributed by atoms with E-state index in [4.69, 9.17) is 27.9 Å². The number of halogens is 2. The summed E-state index contributed by atoms with van der Waals surface area (Å²) in [6, 6.07) is 10.4. The van der Waals surface area contributed by atoms with Crippen molar-refractivity contribution < 1.29 is 9.53 Å². The van der Waals surface area contributed by atoms with Crippen molar-refractivity contribution in [2.75, 3.05) is 6.54 Å². The average Bonchev–Trinajstić information content (AvgIpc) is 2.84. The Balaban J connectivity index is 2.04. The van der Waals surface area contributed by atoms with Gasteiger partial charge >= 0.3 is 0 Å². The van der Waals surface area contributed by atoms with E-state index in [0.29, 0.717) is 39.3 Å². The highest BCUT2D eigenvalue weighted by Gasteiger charge is 2.38. The van der Waals surface area contributed by atoms with Crippen molar-refractivity contribution in [2.45, 2.75) is 13.0 Å². The summed E-state index contributed by atoms with van der Waals surface area (Å²) >= 11 is 12.2. The molecule has 0 amide bonds. The quantitative estimate of drug-likeness (QED) is 0.906. The summed E-state index contributed by atoms with van der Waals surface area (Å²) in [5.74, 6) is 0.209. The molecule has 0 unspecified atom stereocenters. The van der Waals surface area contributed by atoms with Gasteiger partial charge < -0.3 is 10.1 Å². The van der Waals surface area contributed by atoms with Gasteiger partial charge in [0.05, 0.1) is 5.69 Å². The third-order valence-electron chi connectivity index (χ3n) is 3.45. The van der Waals surface area contributed by atoms with Crippen LogP contribution in [-0.4, -0.2) is 17.3 Å². The van der Waals surface area contributed by atoms with Crippen LogP contribution in [-0.2, 0) is 9.53 Å². The van der Waals surface area contributed by atoms with Crippen molar-refractivity contribution in [1.82, 2.24) is 10.3 Å². The molecule has 2 aromatic rings. The number of carbonyl (C=O) groups excluding carboxylic acids is 1. The Morgan fingerprint density at radius 2 is 2.04 bits per heavy atom. The number of Topliss-reactive ketones (excluding diaryl/α,β-unsaturated/α-hetero) is 1. The van der Waals surface area contributed by atoms with Crippen LogP contribution >= 0.6 is 23.2 Å². The lowest BCUT2D eigenvalue weighted by Crippen LogP contribution is -2.14. The van der Waals surface area contributed by atoms with Gasteiger partial charge in [-0.1, -0.05) is 41.4 Å². The minimum absolute atomic E-state index is 0.191. The second-order valence-electron chi connectivity index (χ2n) is 4.98. The summed E-state index contributed by atoms with van der Waals surface area (Å²) in [6.45, 7) is 2.54. The van der Waals surface area contributed by atoms with Gasteiger partial charge in [0.15, 0.2) is 6.10 Å². The summed E-state index contributed by atoms with van der Waals surface area (Å²) in [5.41, 5.74) is 1.50. The molecule has 1 aliphatic heterocycles. The van der Waals surface area contributed by atoms with Crippen LogP contribution in [0.5, 0.6) is 0 Å². The molecule has 1 N–H and O–H groups in total. The summed E-state index contributed by atoms with van der Waals surface area (Å²) in [6.07, 6.45) is 0.776. The monoisotopic (exact) mass is 348 g/mol. The van der Waals surface area contributed by atoms with Crippen LogP contribution in [0.15, 0.2) is 48.5 Å². The maximum absolute atomic E-state index is 12.9. The first-order chi connectivity index (χ1) is 11.1. The fourth-order valence-corrected chi connectivity index (χ4v) is 2.83. The zero-order chi connectivity index (χ0) is 16.4. The van der Waals surface area contributed by atoms with Crippen LogP contribution in [0.4, 0.5) is 0 Å². The number of rotatable bonds is 4. The first-order valence-corrected chi connectivity index (χ1v) is 7.92. The molecule has 0 fully saturated rings. The Hall–Kier alpha value is -2.04. The molecule has 4 nitrogen and oxygen atoms in total. The molecule has 1 aliphatic rings. The van der Waals surface area contributed by atoms with Crippen molar-refractivity contribution >= 4 is 34.6 Å². The third kappa shape index (κ3) is 3.05. The van der Waals surface area contributed by atoms with Crippen molar-refractivity contribution in [3.63, 3.8) is 0 Å². The minimum atomic E-state index is -0.784. The highest BCUT2D eigenvalue weighted by molar-refractivity contribution is 6.33. The fourth-order valence-electron chi connectivity index (χ4n) is 2.44. The normalized spacial score (nSPS) is 17.3. The number of nitrogens with zero attached hydrogens (tertiary/aromatic N) is 1. The largest absolute Gasteiger partial charge is 0.462 e. The Labute approximate surface area is 144 Å². The molecule has 0 saturated carbocycles. The van der Waals surface area contributed by atoms with E-state index in [9.17, 15) is 4.79 Å². The highest BCUT2D eigenvalue weighted by atomic mass is 35.5. The second-order valence-corrected chi connectivity index (χ2v) is 5.82. The fraction of sp³-hybridized carbons (Fsp3) is 0.176. The van der Waals surface area contributed by atoms with Crippen LogP contribution in [0.1, 0.15) is 24.3 Å². The molecule has 2 heterocycles. The lowest BCUT2D eigenvalue weighted by atomic mass is 10.00. The van der Waals surface area contributed by atoms with Crippen LogP contribution in [0.3, 0.4) is 0 Å². The number of ether oxygens (including phenoxy) is 1. The standard InChI is InChI=1S/C17H14Cl2N2O2/c1-2-20-17-14(13-9-10(18)7-8-21-13)15(22)16(23-17)11-5-3-4-6-12(11)19/h3-9,16,20H,2H2,1H3/t16-/m1/s1. The molecular formula is C17H14Cl2N2O2. The molecule has 0 radical (unpaired) electrons. The topological polar surface area (TPSA) is 51.2 Å². The number of benzene rings is 1. The lowest BCUT2D eigenvalue weighted by molar-refractivity contribution is -0.120. The predicted molar refractivity (Wildman–Crippen MR) is 90.1 cm³/mol. The van der Waals surface area contributed by atoms with E-state index in [1.165, 1.54) is 0 Å². The van der Waals surface area contributed by atoms with Crippen molar-refractivity contribution in [3.8, 4) is 0 Å². The van der Waals surface area contributed by atoms with Crippen LogP contribution < -0.4 is 5.32 Å². The summed E-state index contributed by atoms with van der Waals surface area (Å²) in [4.78, 5) is 17.1. The summed E-state index contributed by atoms with van der Waals surface area (Å²) in [5, 5.41) is 4.07. The van der Waals surface area contributed by atoms with Gasteiger partial charge in [-0.15, -0.1) is 0 Å². The van der Waals surface area contributed by atoms with Crippen molar-refractivity contribution in [2.24, 2.45) is 0 Å². The average molecular weight is 349 g/mol. The lowest BCUT2D eigenvalue weighted by Gasteiger charge is -2.13. The smallest absolute Gasteiger partial charge is 0.215 e. The molecule has 1 aromatic heterocycles. The van der Waals surface area contributed by atoms with Gasteiger partial charge in [-0.05, 0) is 25.1 Å². The molecule has 0 aliphatic carbocycles. The molecule has 0 bridgehead atoms. The van der Waals surface area contributed by atoms with Gasteiger partial charge in [0.1, 0.15) is 5.57 Å². The molecule has 3 rings (SSSR count). The predicted octanol–water partition coefficient (Wildman–Crippen LogP) is 4.01. The Kier molecular flexibility index (Phi) is 4.55. The summed E-state index contributed by atoms with van der Waals surface area (Å²) in [7, 11) is 0. The molecule has 118 valence electrons. The number of ketones is 1. The van der Waals surface area contributed by atoms with Crippen molar-refractivity contribution in [1.29, 1.82) is 0 Å². The Bertz CT molecular complexity index is 790. The van der Waals surface area contributed by atoms with E-state index in [-0.39, 0.29) is 5.78 Å². The van der Waals surface area contributed by atoms with E-state index in [1.807, 2.05) is 19.1 Å². The first-order valence-electron chi connectivity index (χ1n) is 7.17. The van der Waals surface area contributed by atoms with Crippen molar-refractivity contribution in [3.05, 3.63) is 69.8 Å². The minimum Gasteiger partial charge on any atom is -0.462 e.